The van der Waals surface area contributed by atoms with Crippen LogP contribution in [0.2, 0.25) is 0 Å². The Balaban J connectivity index is 1.18. The zero-order chi connectivity index (χ0) is 25.2. The first-order valence-electron chi connectivity index (χ1n) is 15.7. The van der Waals surface area contributed by atoms with Crippen molar-refractivity contribution in [3.8, 4) is 0 Å². The molecule has 5 nitrogen and oxygen atoms in total. The van der Waals surface area contributed by atoms with Crippen molar-refractivity contribution in [2.45, 2.75) is 96.2 Å². The fourth-order valence-electron chi connectivity index (χ4n) is 8.37. The van der Waals surface area contributed by atoms with Gasteiger partial charge in [0.05, 0.1) is 12.2 Å². The fraction of sp³-hybridized carbons (Fsp3) is 0.812. The van der Waals surface area contributed by atoms with E-state index in [1.165, 1.54) is 95.2 Å². The van der Waals surface area contributed by atoms with Gasteiger partial charge in [-0.3, -0.25) is 4.90 Å². The zero-order valence-electron chi connectivity index (χ0n) is 23.6. The highest BCUT2D eigenvalue weighted by Crippen LogP contribution is 2.53. The van der Waals surface area contributed by atoms with E-state index in [9.17, 15) is 0 Å². The summed E-state index contributed by atoms with van der Waals surface area (Å²) in [5.41, 5.74) is 5.30. The zero-order valence-corrected chi connectivity index (χ0v) is 23.6. The van der Waals surface area contributed by atoms with Crippen LogP contribution in [0.1, 0.15) is 89.5 Å². The highest BCUT2D eigenvalue weighted by molar-refractivity contribution is 5.64. The van der Waals surface area contributed by atoms with Gasteiger partial charge in [0.1, 0.15) is 0 Å². The molecule has 3 saturated heterocycles. The number of rotatable bonds is 5. The fourth-order valence-corrected chi connectivity index (χ4v) is 8.37. The second kappa shape index (κ2) is 11.4. The molecule has 0 bridgehead atoms. The van der Waals surface area contributed by atoms with Crippen LogP contribution in [0.25, 0.3) is 0 Å². The number of anilines is 2. The molecule has 3 aliphatic heterocycles. The standard InChI is InChI=1S/C32H51N3O2/c1-25-22-35(23-26(2)37-25)29-5-6-31(30(21-29)28-7-13-32(14-8-28)11-3-4-12-32)34-17-15-33(16-18-34)24-27-9-19-36-20-10-27/h5-6,21,25-28H,3-4,7-20,22-24H2,1-2H3. The molecule has 0 amide bonds. The first-order chi connectivity index (χ1) is 18.1. The van der Waals surface area contributed by atoms with Crippen LogP contribution in [0, 0.1) is 11.3 Å². The van der Waals surface area contributed by atoms with Crippen molar-refractivity contribution < 1.29 is 9.47 Å². The van der Waals surface area contributed by atoms with Gasteiger partial charge in [0, 0.05) is 70.4 Å². The number of ether oxygens (including phenoxy) is 2. The third-order valence-electron chi connectivity index (χ3n) is 10.5. The molecule has 5 aliphatic rings. The normalized spacial score (nSPS) is 30.3. The van der Waals surface area contributed by atoms with E-state index in [0.717, 1.165) is 51.2 Å². The van der Waals surface area contributed by atoms with Crippen molar-refractivity contribution in [1.82, 2.24) is 4.90 Å². The van der Waals surface area contributed by atoms with Crippen LogP contribution in [0.15, 0.2) is 18.2 Å². The third-order valence-corrected chi connectivity index (χ3v) is 10.5. The van der Waals surface area contributed by atoms with Gasteiger partial charge in [-0.15, -0.1) is 0 Å². The Hall–Kier alpha value is -1.30. The van der Waals surface area contributed by atoms with Gasteiger partial charge in [0.15, 0.2) is 0 Å². The smallest absolute Gasteiger partial charge is 0.0726 e. The minimum atomic E-state index is 0.299. The molecule has 2 unspecified atom stereocenters. The van der Waals surface area contributed by atoms with E-state index in [1.807, 2.05) is 0 Å². The summed E-state index contributed by atoms with van der Waals surface area (Å²) >= 11 is 0. The summed E-state index contributed by atoms with van der Waals surface area (Å²) in [4.78, 5) is 8.03. The van der Waals surface area contributed by atoms with E-state index in [-0.39, 0.29) is 0 Å². The molecule has 2 atom stereocenters. The van der Waals surface area contributed by atoms with E-state index >= 15 is 0 Å². The number of hydrogen-bond donors (Lipinski definition) is 0. The maximum Gasteiger partial charge on any atom is 0.0726 e. The van der Waals surface area contributed by atoms with Crippen LogP contribution in [-0.2, 0) is 9.47 Å². The van der Waals surface area contributed by atoms with E-state index in [2.05, 4.69) is 46.7 Å². The number of hydrogen-bond acceptors (Lipinski definition) is 5. The van der Waals surface area contributed by atoms with Gasteiger partial charge in [-0.05, 0) is 106 Å². The topological polar surface area (TPSA) is 28.2 Å². The van der Waals surface area contributed by atoms with Crippen molar-refractivity contribution >= 4 is 11.4 Å². The monoisotopic (exact) mass is 509 g/mol. The summed E-state index contributed by atoms with van der Waals surface area (Å²) in [7, 11) is 0. The maximum atomic E-state index is 6.06. The van der Waals surface area contributed by atoms with Crippen LogP contribution in [0.4, 0.5) is 11.4 Å². The number of piperazine rings is 1. The van der Waals surface area contributed by atoms with E-state index in [4.69, 9.17) is 9.47 Å². The van der Waals surface area contributed by atoms with Crippen LogP contribution in [-0.4, -0.2) is 76.1 Å². The molecule has 37 heavy (non-hydrogen) atoms. The lowest BCUT2D eigenvalue weighted by atomic mass is 9.68. The highest BCUT2D eigenvalue weighted by Gasteiger charge is 2.39. The second-order valence-electron chi connectivity index (χ2n) is 13.2. The summed E-state index contributed by atoms with van der Waals surface area (Å²) < 4.78 is 11.7. The van der Waals surface area contributed by atoms with Crippen LogP contribution < -0.4 is 9.80 Å². The van der Waals surface area contributed by atoms with Gasteiger partial charge >= 0.3 is 0 Å². The van der Waals surface area contributed by atoms with E-state index in [1.54, 1.807) is 5.56 Å². The molecule has 1 aromatic carbocycles. The predicted molar refractivity (Wildman–Crippen MR) is 153 cm³/mol. The summed E-state index contributed by atoms with van der Waals surface area (Å²) in [5, 5.41) is 0. The van der Waals surface area contributed by atoms with E-state index < -0.39 is 0 Å². The molecular formula is C32H51N3O2. The Morgan fingerprint density at radius 3 is 2.16 bits per heavy atom. The van der Waals surface area contributed by atoms with Gasteiger partial charge < -0.3 is 19.3 Å². The van der Waals surface area contributed by atoms with Gasteiger partial charge in [0.25, 0.3) is 0 Å². The summed E-state index contributed by atoms with van der Waals surface area (Å²) in [6.45, 7) is 14.4. The molecule has 2 aliphatic carbocycles. The number of morpholine rings is 1. The minimum Gasteiger partial charge on any atom is -0.381 e. The van der Waals surface area contributed by atoms with Crippen molar-refractivity contribution in [3.63, 3.8) is 0 Å². The Kier molecular flexibility index (Phi) is 8.02. The predicted octanol–water partition coefficient (Wildman–Crippen LogP) is 6.07. The Labute approximate surface area is 225 Å². The first kappa shape index (κ1) is 26.0. The molecule has 206 valence electrons. The number of nitrogens with zero attached hydrogens (tertiary/aromatic N) is 3. The second-order valence-corrected chi connectivity index (χ2v) is 13.2. The van der Waals surface area contributed by atoms with Crippen LogP contribution in [0.3, 0.4) is 0 Å². The minimum absolute atomic E-state index is 0.299. The van der Waals surface area contributed by atoms with Crippen molar-refractivity contribution in [2.75, 3.05) is 68.8 Å². The molecule has 0 N–H and O–H groups in total. The quantitative estimate of drug-likeness (QED) is 0.481. The molecule has 0 radical (unpaired) electrons. The highest BCUT2D eigenvalue weighted by atomic mass is 16.5. The molecule has 5 fully saturated rings. The molecular weight excluding hydrogens is 458 g/mol. The molecule has 0 aromatic heterocycles. The summed E-state index contributed by atoms with van der Waals surface area (Å²) in [5.74, 6) is 1.55. The molecule has 1 spiro atoms. The molecule has 6 rings (SSSR count). The molecule has 3 heterocycles. The van der Waals surface area contributed by atoms with Crippen molar-refractivity contribution in [3.05, 3.63) is 23.8 Å². The first-order valence-corrected chi connectivity index (χ1v) is 15.7. The van der Waals surface area contributed by atoms with Gasteiger partial charge in [-0.2, -0.15) is 0 Å². The van der Waals surface area contributed by atoms with Gasteiger partial charge in [-0.1, -0.05) is 12.8 Å². The van der Waals surface area contributed by atoms with Crippen LogP contribution in [0.5, 0.6) is 0 Å². The summed E-state index contributed by atoms with van der Waals surface area (Å²) in [6, 6.07) is 7.51. The van der Waals surface area contributed by atoms with Gasteiger partial charge in [0.2, 0.25) is 0 Å². The average Bonchev–Trinajstić information content (AvgIpc) is 3.37. The third kappa shape index (κ3) is 5.99. The Morgan fingerprint density at radius 1 is 0.811 bits per heavy atom. The van der Waals surface area contributed by atoms with Crippen LogP contribution >= 0.6 is 0 Å². The molecule has 2 saturated carbocycles. The number of benzene rings is 1. The lowest BCUT2D eigenvalue weighted by Crippen LogP contribution is -2.48. The lowest BCUT2D eigenvalue weighted by molar-refractivity contribution is -0.00522. The Bertz CT molecular complexity index is 866. The molecule has 5 heteroatoms. The van der Waals surface area contributed by atoms with E-state index in [0.29, 0.717) is 17.6 Å². The van der Waals surface area contributed by atoms with Crippen molar-refractivity contribution in [1.29, 1.82) is 0 Å². The lowest BCUT2D eigenvalue weighted by Gasteiger charge is -2.42. The van der Waals surface area contributed by atoms with Gasteiger partial charge in [-0.25, -0.2) is 0 Å². The maximum absolute atomic E-state index is 6.06. The average molecular weight is 510 g/mol. The largest absolute Gasteiger partial charge is 0.381 e. The van der Waals surface area contributed by atoms with Crippen molar-refractivity contribution in [2.24, 2.45) is 11.3 Å². The molecule has 1 aromatic rings. The summed E-state index contributed by atoms with van der Waals surface area (Å²) in [6.07, 6.45) is 14.7. The SMILES string of the molecule is CC1CN(c2ccc(N3CCN(CC4CCOCC4)CC3)c(C3CCC4(CCCC4)CC3)c2)CC(C)O1. The Morgan fingerprint density at radius 2 is 1.49 bits per heavy atom.